The van der Waals surface area contributed by atoms with Crippen molar-refractivity contribution in [2.24, 2.45) is 23.7 Å². The van der Waals surface area contributed by atoms with Gasteiger partial charge in [-0.1, -0.05) is 12.2 Å². The van der Waals surface area contributed by atoms with Gasteiger partial charge in [0, 0.05) is 17.8 Å². The summed E-state index contributed by atoms with van der Waals surface area (Å²) in [6.45, 7) is 0. The van der Waals surface area contributed by atoms with Crippen molar-refractivity contribution >= 4 is 33.3 Å². The Hall–Kier alpha value is -4.21. The van der Waals surface area contributed by atoms with Crippen LogP contribution in [0.15, 0.2) is 47.4 Å². The molecule has 0 aromatic heterocycles. The third kappa shape index (κ3) is 6.39. The SMILES string of the molecule is COc1cc(F)c(OC2CCC(C(=O)O)CC2)cc1C(=O)N[C@H]1[C@@H](C(=O)Nc2ccc(F)c(S(=O)(=O)C(F)(F)F)c2)[C@@H]2C=C[C@H]1C2. The highest BCUT2D eigenvalue weighted by atomic mass is 32.2. The highest BCUT2D eigenvalue weighted by Crippen LogP contribution is 2.45. The minimum atomic E-state index is -6.05. The molecule has 0 unspecified atom stereocenters. The number of methoxy groups -OCH3 is 1. The third-order valence-corrected chi connectivity index (χ3v) is 10.2. The first-order chi connectivity index (χ1) is 21.6. The van der Waals surface area contributed by atoms with E-state index >= 15 is 0 Å². The van der Waals surface area contributed by atoms with Crippen molar-refractivity contribution in [3.05, 3.63) is 59.7 Å². The van der Waals surface area contributed by atoms with Crippen LogP contribution >= 0.6 is 0 Å². The summed E-state index contributed by atoms with van der Waals surface area (Å²) in [4.78, 5) is 36.5. The lowest BCUT2D eigenvalue weighted by molar-refractivity contribution is -0.143. The minimum absolute atomic E-state index is 0.107. The summed E-state index contributed by atoms with van der Waals surface area (Å²) in [7, 11) is -4.82. The Morgan fingerprint density at radius 3 is 2.24 bits per heavy atom. The van der Waals surface area contributed by atoms with Crippen LogP contribution in [-0.4, -0.2) is 56.1 Å². The summed E-state index contributed by atoms with van der Waals surface area (Å²) in [5.74, 6) is -7.38. The van der Waals surface area contributed by atoms with E-state index < -0.39 is 79.3 Å². The van der Waals surface area contributed by atoms with Gasteiger partial charge in [-0.3, -0.25) is 14.4 Å². The predicted molar refractivity (Wildman–Crippen MR) is 151 cm³/mol. The average Bonchev–Trinajstić information content (AvgIpc) is 3.60. The molecule has 10 nitrogen and oxygen atoms in total. The topological polar surface area (TPSA) is 148 Å². The molecule has 0 heterocycles. The molecule has 3 N–H and O–H groups in total. The molecule has 2 aromatic carbocycles. The first-order valence-electron chi connectivity index (χ1n) is 14.3. The van der Waals surface area contributed by atoms with Gasteiger partial charge in [0.15, 0.2) is 11.6 Å². The fourth-order valence-electron chi connectivity index (χ4n) is 6.32. The number of hydrogen-bond donors (Lipinski definition) is 3. The lowest BCUT2D eigenvalue weighted by Gasteiger charge is -2.29. The second kappa shape index (κ2) is 12.5. The number of allylic oxidation sites excluding steroid dienone is 1. The van der Waals surface area contributed by atoms with E-state index in [0.717, 1.165) is 18.2 Å². The summed E-state index contributed by atoms with van der Waals surface area (Å²) in [5, 5.41) is 14.3. The van der Waals surface area contributed by atoms with Crippen molar-refractivity contribution in [2.45, 2.75) is 54.7 Å². The number of amides is 2. The molecule has 2 fully saturated rings. The molecule has 3 aliphatic carbocycles. The molecule has 0 saturated heterocycles. The minimum Gasteiger partial charge on any atom is -0.496 e. The number of alkyl halides is 3. The number of carbonyl (C=O) groups excluding carboxylic acids is 2. The third-order valence-electron chi connectivity index (χ3n) is 8.67. The van der Waals surface area contributed by atoms with Gasteiger partial charge in [0.1, 0.15) is 16.5 Å². The number of nitrogens with one attached hydrogen (secondary N) is 2. The van der Waals surface area contributed by atoms with Crippen LogP contribution in [0.4, 0.5) is 27.6 Å². The number of ether oxygens (including phenoxy) is 2. The van der Waals surface area contributed by atoms with Crippen molar-refractivity contribution in [1.82, 2.24) is 5.32 Å². The summed E-state index contributed by atoms with van der Waals surface area (Å²) in [5.41, 5.74) is -6.28. The normalized spacial score (nSPS) is 25.6. The van der Waals surface area contributed by atoms with Gasteiger partial charge in [-0.05, 0) is 68.2 Å². The van der Waals surface area contributed by atoms with Crippen LogP contribution in [0.25, 0.3) is 0 Å². The predicted octanol–water partition coefficient (Wildman–Crippen LogP) is 4.85. The lowest BCUT2D eigenvalue weighted by atomic mass is 9.87. The number of carboxylic acid groups (broad SMARTS) is 1. The number of fused-ring (bicyclic) bond motifs is 2. The van der Waals surface area contributed by atoms with E-state index in [0.29, 0.717) is 44.2 Å². The summed E-state index contributed by atoms with van der Waals surface area (Å²) < 4.78 is 103. The molecule has 0 radical (unpaired) electrons. The smallest absolute Gasteiger partial charge is 0.496 e. The monoisotopic (exact) mass is 672 g/mol. The Labute approximate surface area is 259 Å². The second-order valence-corrected chi connectivity index (χ2v) is 13.4. The van der Waals surface area contributed by atoms with E-state index in [9.17, 15) is 49.9 Å². The molecule has 3 aliphatic rings. The van der Waals surface area contributed by atoms with Gasteiger partial charge in [-0.25, -0.2) is 17.2 Å². The maximum atomic E-state index is 14.9. The molecule has 0 aliphatic heterocycles. The summed E-state index contributed by atoms with van der Waals surface area (Å²) >= 11 is 0. The molecule has 2 bridgehead atoms. The van der Waals surface area contributed by atoms with Crippen LogP contribution in [0.3, 0.4) is 0 Å². The Balaban J connectivity index is 1.34. The Bertz CT molecular complexity index is 1690. The van der Waals surface area contributed by atoms with Gasteiger partial charge in [0.2, 0.25) is 5.91 Å². The van der Waals surface area contributed by atoms with Crippen LogP contribution in [0, 0.1) is 35.3 Å². The molecule has 46 heavy (non-hydrogen) atoms. The highest BCUT2D eigenvalue weighted by Gasteiger charge is 2.50. The summed E-state index contributed by atoms with van der Waals surface area (Å²) in [6.07, 6.45) is 4.98. The number of carboxylic acids is 1. The van der Waals surface area contributed by atoms with Crippen LogP contribution in [0.2, 0.25) is 0 Å². The zero-order valence-electron chi connectivity index (χ0n) is 24.1. The maximum Gasteiger partial charge on any atom is 0.502 e. The maximum absolute atomic E-state index is 14.9. The number of aliphatic carboxylic acids is 1. The number of sulfone groups is 1. The van der Waals surface area contributed by atoms with Gasteiger partial charge in [-0.15, -0.1) is 0 Å². The van der Waals surface area contributed by atoms with Gasteiger partial charge in [-0.2, -0.15) is 13.2 Å². The second-order valence-electron chi connectivity index (χ2n) is 11.5. The van der Waals surface area contributed by atoms with Gasteiger partial charge < -0.3 is 25.2 Å². The van der Waals surface area contributed by atoms with Gasteiger partial charge in [0.05, 0.1) is 30.6 Å². The molecule has 4 atom stereocenters. The van der Waals surface area contributed by atoms with Crippen molar-refractivity contribution in [2.75, 3.05) is 12.4 Å². The zero-order chi connectivity index (χ0) is 33.6. The lowest BCUT2D eigenvalue weighted by Crippen LogP contribution is -2.47. The van der Waals surface area contributed by atoms with Crippen LogP contribution < -0.4 is 20.1 Å². The number of hydrogen-bond acceptors (Lipinski definition) is 7. The van der Waals surface area contributed by atoms with Crippen LogP contribution in [0.1, 0.15) is 42.5 Å². The molecular weight excluding hydrogens is 643 g/mol. The number of benzene rings is 2. The number of carbonyl (C=O) groups is 3. The fourth-order valence-corrected chi connectivity index (χ4v) is 7.18. The van der Waals surface area contributed by atoms with E-state index in [1.807, 2.05) is 0 Å². The Kier molecular flexibility index (Phi) is 9.03. The summed E-state index contributed by atoms with van der Waals surface area (Å²) in [6, 6.07) is 3.09. The van der Waals surface area contributed by atoms with E-state index in [-0.39, 0.29) is 28.9 Å². The Morgan fingerprint density at radius 1 is 0.935 bits per heavy atom. The van der Waals surface area contributed by atoms with Gasteiger partial charge >= 0.3 is 11.5 Å². The van der Waals surface area contributed by atoms with Crippen molar-refractivity contribution in [1.29, 1.82) is 0 Å². The molecule has 248 valence electrons. The highest BCUT2D eigenvalue weighted by molar-refractivity contribution is 7.92. The molecule has 16 heteroatoms. The first kappa shape index (κ1) is 33.2. The number of anilines is 1. The van der Waals surface area contributed by atoms with Crippen molar-refractivity contribution in [3.63, 3.8) is 0 Å². The standard InChI is InChI=1S/C30H29F5N2O8S/c1-44-22-13-21(32)23(45-18-7-4-14(5-8-18)29(40)41)12-19(22)27(38)37-26-16-3-2-15(10-16)25(26)28(39)36-17-6-9-20(31)24(11-17)46(42,43)30(33,34)35/h2-3,6,9,11-16,18,25-26H,4-5,7-8,10H2,1H3,(H,36,39)(H,37,38)(H,40,41)/t14?,15-,16+,18?,25+,26-/m1/s1. The first-order valence-corrected chi connectivity index (χ1v) is 15.8. The van der Waals surface area contributed by atoms with Crippen LogP contribution in [0.5, 0.6) is 11.5 Å². The largest absolute Gasteiger partial charge is 0.502 e. The molecule has 2 amide bonds. The quantitative estimate of drug-likeness (QED) is 0.253. The molecule has 0 spiro atoms. The van der Waals surface area contributed by atoms with E-state index in [1.165, 1.54) is 7.11 Å². The number of halogens is 5. The molecular formula is C30H29F5N2O8S. The van der Waals surface area contributed by atoms with E-state index in [2.05, 4.69) is 10.6 Å². The molecule has 2 aromatic rings. The fraction of sp³-hybridized carbons (Fsp3) is 0.433. The van der Waals surface area contributed by atoms with Crippen molar-refractivity contribution in [3.8, 4) is 11.5 Å². The van der Waals surface area contributed by atoms with E-state index in [1.54, 1.807) is 12.2 Å². The van der Waals surface area contributed by atoms with Gasteiger partial charge in [0.25, 0.3) is 15.7 Å². The average molecular weight is 673 g/mol. The Morgan fingerprint density at radius 2 is 1.61 bits per heavy atom. The van der Waals surface area contributed by atoms with E-state index in [4.69, 9.17) is 9.47 Å². The van der Waals surface area contributed by atoms with Crippen LogP contribution in [-0.2, 0) is 19.4 Å². The number of rotatable bonds is 9. The van der Waals surface area contributed by atoms with Crippen molar-refractivity contribution < 1.29 is 59.3 Å². The molecule has 5 rings (SSSR count). The zero-order valence-corrected chi connectivity index (χ0v) is 25.0. The molecule has 2 saturated carbocycles.